The molecule has 0 saturated heterocycles. The summed E-state index contributed by atoms with van der Waals surface area (Å²) < 4.78 is 6.11. The number of hydrogen-bond donors (Lipinski definition) is 0. The minimum absolute atomic E-state index is 0.0331. The molecule has 0 heterocycles. The highest BCUT2D eigenvalue weighted by atomic mass is 16.6. The molecule has 0 aromatic carbocycles. The second kappa shape index (κ2) is 3.74. The zero-order valence-corrected chi connectivity index (χ0v) is 12.2. The summed E-state index contributed by atoms with van der Waals surface area (Å²) in [6, 6.07) is 0. The van der Waals surface area contributed by atoms with Crippen LogP contribution in [0.15, 0.2) is 0 Å². The Morgan fingerprint density at radius 1 is 1.17 bits per heavy atom. The van der Waals surface area contributed by atoms with Gasteiger partial charge in [-0.05, 0) is 69.6 Å². The zero-order chi connectivity index (χ0) is 13.1. The van der Waals surface area contributed by atoms with Crippen molar-refractivity contribution in [2.24, 2.45) is 29.1 Å². The lowest BCUT2D eigenvalue weighted by Gasteiger charge is -2.37. The molecule has 0 aromatic heterocycles. The molecule has 0 aliphatic heterocycles. The fourth-order valence-electron chi connectivity index (χ4n) is 4.44. The Morgan fingerprint density at radius 3 is 2.22 bits per heavy atom. The molecule has 102 valence electrons. The first-order chi connectivity index (χ1) is 8.33. The van der Waals surface area contributed by atoms with Crippen molar-refractivity contribution < 1.29 is 9.53 Å². The second-order valence-corrected chi connectivity index (χ2v) is 7.88. The van der Waals surface area contributed by atoms with Crippen LogP contribution >= 0.6 is 0 Å². The lowest BCUT2D eigenvalue weighted by Crippen LogP contribution is -2.42. The highest BCUT2D eigenvalue weighted by Gasteiger charge is 2.60. The van der Waals surface area contributed by atoms with Crippen LogP contribution in [0, 0.1) is 29.1 Å². The van der Waals surface area contributed by atoms with E-state index in [1.165, 1.54) is 19.3 Å². The predicted octanol–water partition coefficient (Wildman–Crippen LogP) is 3.79. The minimum Gasteiger partial charge on any atom is -0.458 e. The Morgan fingerprint density at radius 2 is 1.72 bits per heavy atom. The van der Waals surface area contributed by atoms with Crippen LogP contribution in [-0.4, -0.2) is 11.6 Å². The number of esters is 1. The molecular formula is C16H26O2. The summed E-state index contributed by atoms with van der Waals surface area (Å²) in [5, 5.41) is 0. The van der Waals surface area contributed by atoms with Crippen LogP contribution in [0.3, 0.4) is 0 Å². The number of hydrogen-bond acceptors (Lipinski definition) is 2. The van der Waals surface area contributed by atoms with E-state index in [0.29, 0.717) is 11.8 Å². The summed E-state index contributed by atoms with van der Waals surface area (Å²) in [6.45, 7) is 8.26. The van der Waals surface area contributed by atoms with E-state index in [1.54, 1.807) is 0 Å². The van der Waals surface area contributed by atoms with Gasteiger partial charge in [0.25, 0.3) is 0 Å². The number of rotatable bonds is 3. The van der Waals surface area contributed by atoms with E-state index >= 15 is 0 Å². The van der Waals surface area contributed by atoms with E-state index in [1.807, 2.05) is 13.8 Å². The standard InChI is InChI=1S/C16H26O2/c1-10(2)15(3,4)14(17)18-16-8-11-5-12(9-16)7-13(16)6-11/h10-13H,5-9H2,1-4H3. The molecule has 4 saturated carbocycles. The molecule has 4 aliphatic rings. The summed E-state index contributed by atoms with van der Waals surface area (Å²) in [5.41, 5.74) is -0.411. The van der Waals surface area contributed by atoms with Gasteiger partial charge in [-0.3, -0.25) is 4.79 Å². The highest BCUT2D eigenvalue weighted by Crippen LogP contribution is 2.62. The Kier molecular flexibility index (Phi) is 2.60. The molecule has 0 aromatic rings. The van der Waals surface area contributed by atoms with Gasteiger partial charge in [0.2, 0.25) is 0 Å². The quantitative estimate of drug-likeness (QED) is 0.712. The number of carbonyl (C=O) groups excluding carboxylic acids is 1. The van der Waals surface area contributed by atoms with E-state index in [2.05, 4.69) is 13.8 Å². The van der Waals surface area contributed by atoms with Crippen LogP contribution < -0.4 is 0 Å². The lowest BCUT2D eigenvalue weighted by atomic mass is 9.80. The van der Waals surface area contributed by atoms with Gasteiger partial charge < -0.3 is 4.74 Å². The minimum atomic E-state index is -0.353. The first-order valence-corrected chi connectivity index (χ1v) is 7.57. The molecular weight excluding hydrogens is 224 g/mol. The van der Waals surface area contributed by atoms with E-state index in [4.69, 9.17) is 4.74 Å². The molecule has 2 atom stereocenters. The van der Waals surface area contributed by atoms with Gasteiger partial charge in [0.05, 0.1) is 5.41 Å². The summed E-state index contributed by atoms with van der Waals surface area (Å²) in [4.78, 5) is 12.5. The van der Waals surface area contributed by atoms with Crippen LogP contribution in [0.2, 0.25) is 0 Å². The smallest absolute Gasteiger partial charge is 0.312 e. The number of carbonyl (C=O) groups is 1. The van der Waals surface area contributed by atoms with E-state index in [9.17, 15) is 4.79 Å². The fourth-order valence-corrected chi connectivity index (χ4v) is 4.44. The molecule has 2 nitrogen and oxygen atoms in total. The number of ether oxygens (including phenoxy) is 1. The Bertz CT molecular complexity index is 355. The Balaban J connectivity index is 1.76. The van der Waals surface area contributed by atoms with Gasteiger partial charge in [-0.15, -0.1) is 0 Å². The fraction of sp³-hybridized carbons (Fsp3) is 0.938. The molecule has 18 heavy (non-hydrogen) atoms. The lowest BCUT2D eigenvalue weighted by molar-refractivity contribution is -0.176. The van der Waals surface area contributed by atoms with Gasteiger partial charge in [-0.1, -0.05) is 13.8 Å². The van der Waals surface area contributed by atoms with Gasteiger partial charge in [0.1, 0.15) is 5.60 Å². The molecule has 0 spiro atoms. The van der Waals surface area contributed by atoms with Gasteiger partial charge >= 0.3 is 5.97 Å². The molecule has 2 unspecified atom stereocenters. The van der Waals surface area contributed by atoms with Crippen molar-refractivity contribution in [3.63, 3.8) is 0 Å². The average Bonchev–Trinajstić information content (AvgIpc) is 2.62. The van der Waals surface area contributed by atoms with Crippen molar-refractivity contribution in [2.45, 2.75) is 65.4 Å². The molecule has 4 bridgehead atoms. The van der Waals surface area contributed by atoms with Gasteiger partial charge in [0, 0.05) is 0 Å². The maximum atomic E-state index is 12.5. The summed E-state index contributed by atoms with van der Waals surface area (Å²) >= 11 is 0. The molecule has 0 radical (unpaired) electrons. The van der Waals surface area contributed by atoms with Gasteiger partial charge in [-0.25, -0.2) is 0 Å². The van der Waals surface area contributed by atoms with E-state index < -0.39 is 0 Å². The maximum Gasteiger partial charge on any atom is 0.312 e. The monoisotopic (exact) mass is 250 g/mol. The van der Waals surface area contributed by atoms with Gasteiger partial charge in [0.15, 0.2) is 0 Å². The van der Waals surface area contributed by atoms with Crippen LogP contribution in [-0.2, 0) is 9.53 Å². The van der Waals surface area contributed by atoms with Crippen molar-refractivity contribution in [3.8, 4) is 0 Å². The van der Waals surface area contributed by atoms with E-state index in [-0.39, 0.29) is 17.0 Å². The molecule has 4 rings (SSSR count). The third-order valence-corrected chi connectivity index (χ3v) is 6.18. The molecule has 4 aliphatic carbocycles. The van der Waals surface area contributed by atoms with Crippen molar-refractivity contribution >= 4 is 5.97 Å². The van der Waals surface area contributed by atoms with Crippen LogP contribution in [0.25, 0.3) is 0 Å². The van der Waals surface area contributed by atoms with Gasteiger partial charge in [-0.2, -0.15) is 0 Å². The van der Waals surface area contributed by atoms with E-state index in [0.717, 1.165) is 24.7 Å². The Labute approximate surface area is 110 Å². The van der Waals surface area contributed by atoms with Crippen molar-refractivity contribution in [1.82, 2.24) is 0 Å². The molecule has 0 N–H and O–H groups in total. The molecule has 2 heteroatoms. The highest BCUT2D eigenvalue weighted by molar-refractivity contribution is 5.76. The first-order valence-electron chi connectivity index (χ1n) is 7.57. The predicted molar refractivity (Wildman–Crippen MR) is 71.0 cm³/mol. The summed E-state index contributed by atoms with van der Waals surface area (Å²) in [7, 11) is 0. The Hall–Kier alpha value is -0.530. The summed E-state index contributed by atoms with van der Waals surface area (Å²) in [6.07, 6.45) is 6.31. The van der Waals surface area contributed by atoms with Crippen LogP contribution in [0.5, 0.6) is 0 Å². The third kappa shape index (κ3) is 1.64. The molecule has 4 fully saturated rings. The summed E-state index contributed by atoms with van der Waals surface area (Å²) in [5.74, 6) is 2.73. The average molecular weight is 250 g/mol. The normalized spacial score (nSPS) is 41.7. The van der Waals surface area contributed by atoms with Crippen LogP contribution in [0.1, 0.15) is 59.8 Å². The zero-order valence-electron chi connectivity index (χ0n) is 12.2. The SMILES string of the molecule is CC(C)C(C)(C)C(=O)OC12CC3CC(CC1C3)C2. The second-order valence-electron chi connectivity index (χ2n) is 7.88. The van der Waals surface area contributed by atoms with Crippen molar-refractivity contribution in [2.75, 3.05) is 0 Å². The molecule has 0 amide bonds. The van der Waals surface area contributed by atoms with Crippen molar-refractivity contribution in [3.05, 3.63) is 0 Å². The van der Waals surface area contributed by atoms with Crippen molar-refractivity contribution in [1.29, 1.82) is 0 Å². The largest absolute Gasteiger partial charge is 0.458 e. The maximum absolute atomic E-state index is 12.5. The topological polar surface area (TPSA) is 26.3 Å². The first kappa shape index (κ1) is 12.5. The van der Waals surface area contributed by atoms with Crippen LogP contribution in [0.4, 0.5) is 0 Å². The third-order valence-electron chi connectivity index (χ3n) is 6.18.